The molecule has 1 fully saturated rings. The van der Waals surface area contributed by atoms with Crippen LogP contribution in [-0.2, 0) is 6.54 Å². The van der Waals surface area contributed by atoms with Gasteiger partial charge in [0, 0.05) is 18.3 Å². The molecular weight excluding hydrogens is 236 g/mol. The molecule has 1 aliphatic rings. The van der Waals surface area contributed by atoms with E-state index in [9.17, 15) is 4.79 Å². The van der Waals surface area contributed by atoms with Crippen LogP contribution in [0.1, 0.15) is 29.0 Å². The van der Waals surface area contributed by atoms with Gasteiger partial charge in [-0.05, 0) is 30.7 Å². The zero-order valence-electron chi connectivity index (χ0n) is 9.56. The van der Waals surface area contributed by atoms with Crippen molar-refractivity contribution in [2.45, 2.75) is 24.6 Å². The van der Waals surface area contributed by atoms with Crippen molar-refractivity contribution < 1.29 is 9.90 Å². The van der Waals surface area contributed by atoms with Crippen molar-refractivity contribution in [1.29, 1.82) is 0 Å². The van der Waals surface area contributed by atoms with E-state index in [1.165, 1.54) is 24.7 Å². The van der Waals surface area contributed by atoms with Crippen LogP contribution in [0.4, 0.5) is 0 Å². The van der Waals surface area contributed by atoms with Crippen molar-refractivity contribution in [3.8, 4) is 0 Å². The van der Waals surface area contributed by atoms with Crippen LogP contribution >= 0.6 is 11.8 Å². The van der Waals surface area contributed by atoms with Crippen LogP contribution in [0.3, 0.4) is 0 Å². The van der Waals surface area contributed by atoms with Gasteiger partial charge in [0.2, 0.25) is 0 Å². The van der Waals surface area contributed by atoms with Gasteiger partial charge in [-0.2, -0.15) is 11.8 Å². The van der Waals surface area contributed by atoms with E-state index in [1.807, 2.05) is 17.8 Å². The monoisotopic (exact) mass is 252 g/mol. The fourth-order valence-electron chi connectivity index (χ4n) is 1.86. The fraction of sp³-hybridized carbons (Fsp3) is 0.500. The highest BCUT2D eigenvalue weighted by atomic mass is 32.2. The number of thioether (sulfide) groups is 1. The van der Waals surface area contributed by atoms with Crippen molar-refractivity contribution >= 4 is 17.7 Å². The summed E-state index contributed by atoms with van der Waals surface area (Å²) in [5, 5.41) is 12.9. The zero-order valence-corrected chi connectivity index (χ0v) is 10.4. The second kappa shape index (κ2) is 6.02. The molecular formula is C12H16N2O2S. The van der Waals surface area contributed by atoms with Crippen LogP contribution in [0.25, 0.3) is 0 Å². The maximum atomic E-state index is 10.7. The second-order valence-electron chi connectivity index (χ2n) is 4.09. The number of aromatic carboxylic acids is 1. The average molecular weight is 252 g/mol. The standard InChI is InChI=1S/C12H16N2O2S/c15-12(16)11-5-1-3-9(14-11)7-13-8-10-4-2-6-17-10/h1,3,5,10,13H,2,4,6-8H2,(H,15,16). The Morgan fingerprint density at radius 1 is 1.59 bits per heavy atom. The first-order valence-electron chi connectivity index (χ1n) is 5.77. The number of carboxylic acids is 1. The largest absolute Gasteiger partial charge is 0.477 e. The van der Waals surface area contributed by atoms with Gasteiger partial charge in [-0.3, -0.25) is 0 Å². The molecule has 1 saturated heterocycles. The minimum absolute atomic E-state index is 0.111. The first kappa shape index (κ1) is 12.4. The Kier molecular flexibility index (Phi) is 4.39. The van der Waals surface area contributed by atoms with Gasteiger partial charge >= 0.3 is 5.97 Å². The van der Waals surface area contributed by atoms with Crippen molar-refractivity contribution in [3.05, 3.63) is 29.6 Å². The molecule has 1 aliphatic heterocycles. The molecule has 2 N–H and O–H groups in total. The summed E-state index contributed by atoms with van der Waals surface area (Å²) >= 11 is 2.01. The van der Waals surface area contributed by atoms with E-state index >= 15 is 0 Å². The lowest BCUT2D eigenvalue weighted by atomic mass is 10.2. The molecule has 17 heavy (non-hydrogen) atoms. The Morgan fingerprint density at radius 3 is 3.18 bits per heavy atom. The minimum Gasteiger partial charge on any atom is -0.477 e. The van der Waals surface area contributed by atoms with Crippen LogP contribution in [-0.4, -0.2) is 33.6 Å². The highest BCUT2D eigenvalue weighted by Crippen LogP contribution is 2.25. The third-order valence-corrected chi connectivity index (χ3v) is 4.13. The van der Waals surface area contributed by atoms with E-state index in [1.54, 1.807) is 6.07 Å². The van der Waals surface area contributed by atoms with Crippen LogP contribution in [0.15, 0.2) is 18.2 Å². The predicted octanol–water partition coefficient (Wildman–Crippen LogP) is 1.76. The second-order valence-corrected chi connectivity index (χ2v) is 5.49. The number of hydrogen-bond acceptors (Lipinski definition) is 4. The number of pyridine rings is 1. The molecule has 0 spiro atoms. The summed E-state index contributed by atoms with van der Waals surface area (Å²) in [5.74, 6) is 0.289. The Labute approximate surface area is 105 Å². The summed E-state index contributed by atoms with van der Waals surface area (Å²) in [4.78, 5) is 14.8. The number of carbonyl (C=O) groups is 1. The summed E-state index contributed by atoms with van der Waals surface area (Å²) in [6, 6.07) is 5.09. The third-order valence-electron chi connectivity index (χ3n) is 2.73. The van der Waals surface area contributed by atoms with Gasteiger partial charge in [0.1, 0.15) is 5.69 Å². The van der Waals surface area contributed by atoms with E-state index in [-0.39, 0.29) is 5.69 Å². The summed E-state index contributed by atoms with van der Waals surface area (Å²) < 4.78 is 0. The lowest BCUT2D eigenvalue weighted by Gasteiger charge is -2.09. The zero-order chi connectivity index (χ0) is 12.1. The average Bonchev–Trinajstić information content (AvgIpc) is 2.82. The maximum absolute atomic E-state index is 10.7. The van der Waals surface area contributed by atoms with E-state index in [4.69, 9.17) is 5.11 Å². The summed E-state index contributed by atoms with van der Waals surface area (Å²) in [5.41, 5.74) is 0.896. The molecule has 0 amide bonds. The minimum atomic E-state index is -0.974. The van der Waals surface area contributed by atoms with Crippen molar-refractivity contribution in [3.63, 3.8) is 0 Å². The normalized spacial score (nSPS) is 19.4. The molecule has 92 valence electrons. The molecule has 0 radical (unpaired) electrons. The Balaban J connectivity index is 1.81. The third kappa shape index (κ3) is 3.71. The van der Waals surface area contributed by atoms with Gasteiger partial charge in [0.05, 0.1) is 5.69 Å². The number of rotatable bonds is 5. The molecule has 4 nitrogen and oxygen atoms in total. The summed E-state index contributed by atoms with van der Waals surface area (Å²) in [6.07, 6.45) is 2.59. The quantitative estimate of drug-likeness (QED) is 0.836. The Morgan fingerprint density at radius 2 is 2.47 bits per heavy atom. The van der Waals surface area contributed by atoms with Gasteiger partial charge in [0.25, 0.3) is 0 Å². The molecule has 0 bridgehead atoms. The Bertz CT molecular complexity index is 392. The summed E-state index contributed by atoms with van der Waals surface area (Å²) in [6.45, 7) is 1.61. The van der Waals surface area contributed by atoms with E-state index in [0.717, 1.165) is 12.2 Å². The SMILES string of the molecule is O=C(O)c1cccc(CNCC2CCCS2)n1. The smallest absolute Gasteiger partial charge is 0.354 e. The van der Waals surface area contributed by atoms with E-state index < -0.39 is 5.97 Å². The van der Waals surface area contributed by atoms with Crippen molar-refractivity contribution in [2.75, 3.05) is 12.3 Å². The molecule has 1 aromatic heterocycles. The number of nitrogens with one attached hydrogen (secondary N) is 1. The first-order valence-corrected chi connectivity index (χ1v) is 6.82. The molecule has 1 atom stereocenters. The van der Waals surface area contributed by atoms with E-state index in [2.05, 4.69) is 10.3 Å². The molecule has 1 aromatic rings. The number of hydrogen-bond donors (Lipinski definition) is 2. The number of carboxylic acid groups (broad SMARTS) is 1. The van der Waals surface area contributed by atoms with Crippen LogP contribution in [0.2, 0.25) is 0 Å². The molecule has 0 saturated carbocycles. The maximum Gasteiger partial charge on any atom is 0.354 e. The van der Waals surface area contributed by atoms with Crippen LogP contribution < -0.4 is 5.32 Å². The van der Waals surface area contributed by atoms with Gasteiger partial charge in [-0.1, -0.05) is 6.07 Å². The van der Waals surface area contributed by atoms with Crippen LogP contribution in [0, 0.1) is 0 Å². The molecule has 2 rings (SSSR count). The first-order chi connectivity index (χ1) is 8.25. The fourth-order valence-corrected chi connectivity index (χ4v) is 3.10. The molecule has 5 heteroatoms. The van der Waals surface area contributed by atoms with Gasteiger partial charge < -0.3 is 10.4 Å². The topological polar surface area (TPSA) is 62.2 Å². The van der Waals surface area contributed by atoms with Crippen molar-refractivity contribution in [1.82, 2.24) is 10.3 Å². The van der Waals surface area contributed by atoms with Crippen molar-refractivity contribution in [2.24, 2.45) is 0 Å². The van der Waals surface area contributed by atoms with E-state index in [0.29, 0.717) is 11.8 Å². The predicted molar refractivity (Wildman–Crippen MR) is 68.4 cm³/mol. The molecule has 0 aromatic carbocycles. The molecule has 0 aliphatic carbocycles. The lowest BCUT2D eigenvalue weighted by molar-refractivity contribution is 0.0690. The number of aromatic nitrogens is 1. The van der Waals surface area contributed by atoms with Gasteiger partial charge in [0.15, 0.2) is 0 Å². The summed E-state index contributed by atoms with van der Waals surface area (Å²) in [7, 11) is 0. The highest BCUT2D eigenvalue weighted by Gasteiger charge is 2.14. The van der Waals surface area contributed by atoms with Crippen LogP contribution in [0.5, 0.6) is 0 Å². The van der Waals surface area contributed by atoms with Gasteiger partial charge in [-0.25, -0.2) is 9.78 Å². The molecule has 1 unspecified atom stereocenters. The highest BCUT2D eigenvalue weighted by molar-refractivity contribution is 8.00. The number of nitrogens with zero attached hydrogens (tertiary/aromatic N) is 1. The molecule has 2 heterocycles. The van der Waals surface area contributed by atoms with Gasteiger partial charge in [-0.15, -0.1) is 0 Å². The Hall–Kier alpha value is -1.07. The lowest BCUT2D eigenvalue weighted by Crippen LogP contribution is -2.23.